The third kappa shape index (κ3) is 3.45. The lowest BCUT2D eigenvalue weighted by molar-refractivity contribution is 0.0966. The number of hydrogen-bond donors (Lipinski definition) is 0. The van der Waals surface area contributed by atoms with Gasteiger partial charge in [0.25, 0.3) is 0 Å². The summed E-state index contributed by atoms with van der Waals surface area (Å²) in [6, 6.07) is 0. The lowest BCUT2D eigenvalue weighted by atomic mass is 10.1. The van der Waals surface area contributed by atoms with Crippen LogP contribution in [0.15, 0.2) is 12.4 Å². The fourth-order valence-corrected chi connectivity index (χ4v) is 1.62. The standard InChI is InChI=1S/C12H21N3O/c1-4-14(5-2)8-7-12(16)11-9-13-15(6-3)10-11/h9-10H,4-8H2,1-3H3. The molecule has 4 heteroatoms. The van der Waals surface area contributed by atoms with E-state index in [9.17, 15) is 4.79 Å². The van der Waals surface area contributed by atoms with E-state index < -0.39 is 0 Å². The highest BCUT2D eigenvalue weighted by Gasteiger charge is 2.09. The van der Waals surface area contributed by atoms with E-state index in [0.717, 1.165) is 31.7 Å². The zero-order valence-electron chi connectivity index (χ0n) is 10.4. The molecule has 0 aliphatic heterocycles. The molecule has 1 aromatic heterocycles. The minimum Gasteiger partial charge on any atom is -0.303 e. The average Bonchev–Trinajstić information content (AvgIpc) is 2.78. The Morgan fingerprint density at radius 2 is 2.06 bits per heavy atom. The number of rotatable bonds is 7. The predicted octanol–water partition coefficient (Wildman–Crippen LogP) is 1.82. The van der Waals surface area contributed by atoms with Crippen molar-refractivity contribution < 1.29 is 4.79 Å². The van der Waals surface area contributed by atoms with Gasteiger partial charge >= 0.3 is 0 Å². The van der Waals surface area contributed by atoms with Crippen LogP contribution in [-0.2, 0) is 6.54 Å². The quantitative estimate of drug-likeness (QED) is 0.662. The Labute approximate surface area is 97.2 Å². The normalized spacial score (nSPS) is 11.0. The van der Waals surface area contributed by atoms with Crippen molar-refractivity contribution in [2.24, 2.45) is 0 Å². The van der Waals surface area contributed by atoms with Crippen molar-refractivity contribution in [2.75, 3.05) is 19.6 Å². The topological polar surface area (TPSA) is 38.1 Å². The number of nitrogens with zero attached hydrogens (tertiary/aromatic N) is 3. The molecule has 0 fully saturated rings. The monoisotopic (exact) mass is 223 g/mol. The molecule has 1 heterocycles. The number of aromatic nitrogens is 2. The van der Waals surface area contributed by atoms with Crippen LogP contribution in [0.2, 0.25) is 0 Å². The summed E-state index contributed by atoms with van der Waals surface area (Å²) in [6.45, 7) is 9.88. The molecule has 0 bridgehead atoms. The Hall–Kier alpha value is -1.16. The van der Waals surface area contributed by atoms with Gasteiger partial charge in [-0.15, -0.1) is 0 Å². The molecule has 1 rings (SSSR count). The van der Waals surface area contributed by atoms with Crippen LogP contribution in [0.25, 0.3) is 0 Å². The van der Waals surface area contributed by atoms with Crippen molar-refractivity contribution in [1.82, 2.24) is 14.7 Å². The van der Waals surface area contributed by atoms with E-state index in [2.05, 4.69) is 23.8 Å². The summed E-state index contributed by atoms with van der Waals surface area (Å²) in [5, 5.41) is 4.11. The van der Waals surface area contributed by atoms with E-state index in [-0.39, 0.29) is 5.78 Å². The molecular formula is C12H21N3O. The van der Waals surface area contributed by atoms with Gasteiger partial charge in [0.1, 0.15) is 0 Å². The van der Waals surface area contributed by atoms with Crippen molar-refractivity contribution in [3.63, 3.8) is 0 Å². The second kappa shape index (κ2) is 6.43. The molecule has 0 saturated heterocycles. The van der Waals surface area contributed by atoms with Gasteiger partial charge in [0.05, 0.1) is 11.8 Å². The molecule has 0 atom stereocenters. The SMILES string of the molecule is CCN(CC)CCC(=O)c1cnn(CC)c1. The predicted molar refractivity (Wildman–Crippen MR) is 64.6 cm³/mol. The fraction of sp³-hybridized carbons (Fsp3) is 0.667. The van der Waals surface area contributed by atoms with Crippen molar-refractivity contribution in [2.45, 2.75) is 33.7 Å². The second-order valence-electron chi connectivity index (χ2n) is 3.78. The summed E-state index contributed by atoms with van der Waals surface area (Å²) in [5.41, 5.74) is 0.731. The fourth-order valence-electron chi connectivity index (χ4n) is 1.62. The molecule has 0 aliphatic rings. The van der Waals surface area contributed by atoms with Gasteiger partial charge in [-0.3, -0.25) is 9.48 Å². The van der Waals surface area contributed by atoms with Gasteiger partial charge in [-0.2, -0.15) is 5.10 Å². The van der Waals surface area contributed by atoms with Gasteiger partial charge in [0, 0.05) is 25.7 Å². The number of hydrogen-bond acceptors (Lipinski definition) is 3. The summed E-state index contributed by atoms with van der Waals surface area (Å²) < 4.78 is 1.78. The Bertz CT molecular complexity index is 329. The molecule has 1 aromatic rings. The van der Waals surface area contributed by atoms with E-state index in [0.29, 0.717) is 6.42 Å². The van der Waals surface area contributed by atoms with E-state index in [1.807, 2.05) is 13.1 Å². The summed E-state index contributed by atoms with van der Waals surface area (Å²) in [4.78, 5) is 14.1. The van der Waals surface area contributed by atoms with Crippen LogP contribution in [0.3, 0.4) is 0 Å². The lowest BCUT2D eigenvalue weighted by Gasteiger charge is -2.16. The number of ketones is 1. The van der Waals surface area contributed by atoms with Crippen LogP contribution in [0.5, 0.6) is 0 Å². The molecule has 0 aromatic carbocycles. The molecule has 4 nitrogen and oxygen atoms in total. The third-order valence-electron chi connectivity index (χ3n) is 2.83. The van der Waals surface area contributed by atoms with E-state index in [1.54, 1.807) is 10.9 Å². The number of carbonyl (C=O) groups is 1. The molecule has 0 N–H and O–H groups in total. The Morgan fingerprint density at radius 1 is 1.38 bits per heavy atom. The van der Waals surface area contributed by atoms with E-state index in [1.165, 1.54) is 0 Å². The summed E-state index contributed by atoms with van der Waals surface area (Å²) in [5.74, 6) is 0.187. The van der Waals surface area contributed by atoms with Crippen LogP contribution in [0.4, 0.5) is 0 Å². The van der Waals surface area contributed by atoms with Gasteiger partial charge in [0.15, 0.2) is 5.78 Å². The molecule has 0 radical (unpaired) electrons. The molecule has 90 valence electrons. The molecule has 0 amide bonds. The first-order chi connectivity index (χ1) is 7.71. The van der Waals surface area contributed by atoms with Crippen molar-refractivity contribution in [1.29, 1.82) is 0 Å². The van der Waals surface area contributed by atoms with Crippen LogP contribution < -0.4 is 0 Å². The third-order valence-corrected chi connectivity index (χ3v) is 2.83. The van der Waals surface area contributed by atoms with Crippen molar-refractivity contribution >= 4 is 5.78 Å². The van der Waals surface area contributed by atoms with Gasteiger partial charge in [-0.1, -0.05) is 13.8 Å². The first-order valence-corrected chi connectivity index (χ1v) is 5.99. The van der Waals surface area contributed by atoms with E-state index >= 15 is 0 Å². The summed E-state index contributed by atoms with van der Waals surface area (Å²) >= 11 is 0. The zero-order valence-corrected chi connectivity index (χ0v) is 10.4. The molecule has 16 heavy (non-hydrogen) atoms. The number of carbonyl (C=O) groups excluding carboxylic acids is 1. The molecular weight excluding hydrogens is 202 g/mol. The van der Waals surface area contributed by atoms with Crippen molar-refractivity contribution in [3.05, 3.63) is 18.0 Å². The highest BCUT2D eigenvalue weighted by atomic mass is 16.1. The maximum absolute atomic E-state index is 11.8. The zero-order chi connectivity index (χ0) is 12.0. The Morgan fingerprint density at radius 3 is 2.56 bits per heavy atom. The maximum Gasteiger partial charge on any atom is 0.167 e. The minimum absolute atomic E-state index is 0.187. The van der Waals surface area contributed by atoms with Crippen molar-refractivity contribution in [3.8, 4) is 0 Å². The van der Waals surface area contributed by atoms with Crippen LogP contribution in [0, 0.1) is 0 Å². The van der Waals surface area contributed by atoms with Gasteiger partial charge in [0.2, 0.25) is 0 Å². The highest BCUT2D eigenvalue weighted by Crippen LogP contribution is 2.03. The highest BCUT2D eigenvalue weighted by molar-refractivity contribution is 5.95. The van der Waals surface area contributed by atoms with Gasteiger partial charge in [-0.25, -0.2) is 0 Å². The first-order valence-electron chi connectivity index (χ1n) is 5.99. The Balaban J connectivity index is 2.46. The largest absolute Gasteiger partial charge is 0.303 e. The summed E-state index contributed by atoms with van der Waals surface area (Å²) in [7, 11) is 0. The number of aryl methyl sites for hydroxylation is 1. The second-order valence-corrected chi connectivity index (χ2v) is 3.78. The molecule has 0 spiro atoms. The average molecular weight is 223 g/mol. The van der Waals surface area contributed by atoms with Crippen LogP contribution in [0.1, 0.15) is 37.6 Å². The molecule has 0 aliphatic carbocycles. The smallest absolute Gasteiger partial charge is 0.167 e. The minimum atomic E-state index is 0.187. The van der Waals surface area contributed by atoms with Gasteiger partial charge in [-0.05, 0) is 20.0 Å². The summed E-state index contributed by atoms with van der Waals surface area (Å²) in [6.07, 6.45) is 4.07. The first kappa shape index (κ1) is 12.9. The molecule has 0 saturated carbocycles. The number of Topliss-reactive ketones (excluding diaryl/α,β-unsaturated/α-hetero) is 1. The van der Waals surface area contributed by atoms with E-state index in [4.69, 9.17) is 0 Å². The maximum atomic E-state index is 11.8. The van der Waals surface area contributed by atoms with Gasteiger partial charge < -0.3 is 4.90 Å². The van der Waals surface area contributed by atoms with Crippen LogP contribution in [-0.4, -0.2) is 40.1 Å². The lowest BCUT2D eigenvalue weighted by Crippen LogP contribution is -2.25. The molecule has 0 unspecified atom stereocenters. The van der Waals surface area contributed by atoms with Crippen LogP contribution >= 0.6 is 0 Å². The Kier molecular flexibility index (Phi) is 5.19.